The van der Waals surface area contributed by atoms with Crippen LogP contribution in [0.5, 0.6) is 0 Å². The maximum absolute atomic E-state index is 12.0. The number of aromatic nitrogens is 3. The first-order valence-corrected chi connectivity index (χ1v) is 8.13. The van der Waals surface area contributed by atoms with Crippen LogP contribution >= 0.6 is 11.3 Å². The SMILES string of the molecule is Cc1cc(=O)n2nc(COC(=O)[C@H](C)NC(=O)c3ccco3)sc2n1. The monoisotopic (exact) mass is 362 g/mol. The van der Waals surface area contributed by atoms with Gasteiger partial charge in [0.05, 0.1) is 6.26 Å². The first-order valence-electron chi connectivity index (χ1n) is 7.31. The molecule has 0 fully saturated rings. The summed E-state index contributed by atoms with van der Waals surface area (Å²) in [5, 5.41) is 6.96. The molecule has 10 heteroatoms. The third-order valence-electron chi connectivity index (χ3n) is 3.20. The zero-order chi connectivity index (χ0) is 18.0. The number of carbonyl (C=O) groups is 2. The first kappa shape index (κ1) is 16.8. The molecule has 3 heterocycles. The minimum absolute atomic E-state index is 0.103. The van der Waals surface area contributed by atoms with Gasteiger partial charge in [-0.2, -0.15) is 9.61 Å². The lowest BCUT2D eigenvalue weighted by Crippen LogP contribution is -2.39. The summed E-state index contributed by atoms with van der Waals surface area (Å²) in [5.74, 6) is -1.04. The van der Waals surface area contributed by atoms with Crippen LogP contribution in [0.15, 0.2) is 33.7 Å². The van der Waals surface area contributed by atoms with E-state index in [4.69, 9.17) is 9.15 Å². The van der Waals surface area contributed by atoms with E-state index in [1.165, 1.54) is 25.3 Å². The Bertz CT molecular complexity index is 976. The van der Waals surface area contributed by atoms with Crippen molar-refractivity contribution < 1.29 is 18.7 Å². The second-order valence-electron chi connectivity index (χ2n) is 5.21. The second kappa shape index (κ2) is 6.85. The zero-order valence-electron chi connectivity index (χ0n) is 13.4. The van der Waals surface area contributed by atoms with Crippen molar-refractivity contribution in [3.63, 3.8) is 0 Å². The van der Waals surface area contributed by atoms with Gasteiger partial charge in [-0.15, -0.1) is 0 Å². The number of carbonyl (C=O) groups excluding carboxylic acids is 2. The van der Waals surface area contributed by atoms with E-state index in [9.17, 15) is 14.4 Å². The van der Waals surface area contributed by atoms with Crippen LogP contribution in [0.2, 0.25) is 0 Å². The van der Waals surface area contributed by atoms with Gasteiger partial charge < -0.3 is 14.5 Å². The van der Waals surface area contributed by atoms with Crippen molar-refractivity contribution in [2.75, 3.05) is 0 Å². The maximum Gasteiger partial charge on any atom is 0.328 e. The van der Waals surface area contributed by atoms with Crippen LogP contribution in [0.1, 0.15) is 28.2 Å². The highest BCUT2D eigenvalue weighted by atomic mass is 32.1. The van der Waals surface area contributed by atoms with Gasteiger partial charge in [0.2, 0.25) is 4.96 Å². The van der Waals surface area contributed by atoms with Crippen LogP contribution in [0.4, 0.5) is 0 Å². The van der Waals surface area contributed by atoms with E-state index in [0.717, 1.165) is 15.9 Å². The normalized spacial score (nSPS) is 12.1. The molecule has 0 spiro atoms. The van der Waals surface area contributed by atoms with Crippen LogP contribution in [0.3, 0.4) is 0 Å². The van der Waals surface area contributed by atoms with Gasteiger partial charge >= 0.3 is 5.97 Å². The molecule has 130 valence electrons. The lowest BCUT2D eigenvalue weighted by atomic mass is 10.3. The van der Waals surface area contributed by atoms with Crippen LogP contribution in [0.25, 0.3) is 4.96 Å². The highest BCUT2D eigenvalue weighted by molar-refractivity contribution is 7.16. The fraction of sp³-hybridized carbons (Fsp3) is 0.267. The maximum atomic E-state index is 12.0. The lowest BCUT2D eigenvalue weighted by molar-refractivity contribution is -0.146. The smallest absolute Gasteiger partial charge is 0.328 e. The minimum atomic E-state index is -0.866. The average Bonchev–Trinajstić information content (AvgIpc) is 3.21. The summed E-state index contributed by atoms with van der Waals surface area (Å²) in [7, 11) is 0. The Labute approximate surface area is 145 Å². The van der Waals surface area contributed by atoms with Gasteiger partial charge in [-0.3, -0.25) is 9.59 Å². The number of furan rings is 1. The van der Waals surface area contributed by atoms with Crippen LogP contribution < -0.4 is 10.9 Å². The molecular formula is C15H14N4O5S. The molecule has 3 aromatic rings. The fourth-order valence-corrected chi connectivity index (χ4v) is 2.87. The van der Waals surface area contributed by atoms with Crippen molar-refractivity contribution in [3.05, 3.63) is 51.3 Å². The van der Waals surface area contributed by atoms with Crippen molar-refractivity contribution in [1.29, 1.82) is 0 Å². The fourth-order valence-electron chi connectivity index (χ4n) is 2.01. The molecule has 0 saturated heterocycles. The molecule has 0 aliphatic carbocycles. The third-order valence-corrected chi connectivity index (χ3v) is 4.08. The van der Waals surface area contributed by atoms with Gasteiger partial charge in [-0.05, 0) is 26.0 Å². The number of rotatable bonds is 5. The summed E-state index contributed by atoms with van der Waals surface area (Å²) in [6.07, 6.45) is 1.36. The quantitative estimate of drug-likeness (QED) is 0.671. The van der Waals surface area contributed by atoms with Gasteiger partial charge in [-0.25, -0.2) is 9.78 Å². The van der Waals surface area contributed by atoms with Crippen molar-refractivity contribution >= 4 is 28.2 Å². The van der Waals surface area contributed by atoms with E-state index in [-0.39, 0.29) is 17.9 Å². The Kier molecular flexibility index (Phi) is 4.61. The number of amides is 1. The zero-order valence-corrected chi connectivity index (χ0v) is 14.2. The van der Waals surface area contributed by atoms with E-state index in [1.54, 1.807) is 13.0 Å². The Morgan fingerprint density at radius 2 is 2.28 bits per heavy atom. The predicted molar refractivity (Wildman–Crippen MR) is 87.3 cm³/mol. The number of ether oxygens (including phenoxy) is 1. The van der Waals surface area contributed by atoms with Crippen molar-refractivity contribution in [2.24, 2.45) is 0 Å². The number of hydrogen-bond acceptors (Lipinski definition) is 8. The van der Waals surface area contributed by atoms with E-state index < -0.39 is 17.9 Å². The molecule has 0 unspecified atom stereocenters. The van der Waals surface area contributed by atoms with Gasteiger partial charge in [0, 0.05) is 11.8 Å². The predicted octanol–water partition coefficient (Wildman–Crippen LogP) is 0.914. The third kappa shape index (κ3) is 3.74. The molecule has 0 saturated carbocycles. The lowest BCUT2D eigenvalue weighted by Gasteiger charge is -2.11. The van der Waals surface area contributed by atoms with Crippen LogP contribution in [-0.2, 0) is 16.1 Å². The molecule has 0 radical (unpaired) electrons. The molecule has 1 amide bonds. The molecule has 0 aromatic carbocycles. The van der Waals surface area contributed by atoms with E-state index >= 15 is 0 Å². The van der Waals surface area contributed by atoms with Crippen molar-refractivity contribution in [1.82, 2.24) is 19.9 Å². The average molecular weight is 362 g/mol. The number of nitrogens with one attached hydrogen (secondary N) is 1. The largest absolute Gasteiger partial charge is 0.459 e. The Morgan fingerprint density at radius 1 is 1.48 bits per heavy atom. The van der Waals surface area contributed by atoms with Gasteiger partial charge in [0.1, 0.15) is 12.6 Å². The summed E-state index contributed by atoms with van der Waals surface area (Å²) in [6, 6.07) is 3.56. The molecular weight excluding hydrogens is 348 g/mol. The number of nitrogens with zero attached hydrogens (tertiary/aromatic N) is 3. The topological polar surface area (TPSA) is 116 Å². The van der Waals surface area contributed by atoms with Crippen molar-refractivity contribution in [3.8, 4) is 0 Å². The van der Waals surface area contributed by atoms with E-state index in [2.05, 4.69) is 15.4 Å². The van der Waals surface area contributed by atoms with E-state index in [0.29, 0.717) is 15.7 Å². The summed E-state index contributed by atoms with van der Waals surface area (Å²) in [6.45, 7) is 3.09. The summed E-state index contributed by atoms with van der Waals surface area (Å²) in [5.41, 5.74) is 0.293. The summed E-state index contributed by atoms with van der Waals surface area (Å²) < 4.78 is 11.2. The highest BCUT2D eigenvalue weighted by Crippen LogP contribution is 2.12. The van der Waals surface area contributed by atoms with E-state index in [1.807, 2.05) is 0 Å². The van der Waals surface area contributed by atoms with Gasteiger partial charge in [0.25, 0.3) is 11.5 Å². The number of fused-ring (bicyclic) bond motifs is 1. The number of aryl methyl sites for hydroxylation is 1. The standard InChI is InChI=1S/C15H14N4O5S/c1-8-6-12(20)19-15(16-8)25-11(18-19)7-24-14(22)9(2)17-13(21)10-4-3-5-23-10/h3-6,9H,7H2,1-2H3,(H,17,21)/t9-/m0/s1. The van der Waals surface area contributed by atoms with Crippen molar-refractivity contribution in [2.45, 2.75) is 26.5 Å². The summed E-state index contributed by atoms with van der Waals surface area (Å²) >= 11 is 1.15. The molecule has 25 heavy (non-hydrogen) atoms. The molecule has 9 nitrogen and oxygen atoms in total. The first-order chi connectivity index (χ1) is 11.9. The van der Waals surface area contributed by atoms with Gasteiger partial charge in [-0.1, -0.05) is 11.3 Å². The number of esters is 1. The molecule has 0 bridgehead atoms. The second-order valence-corrected chi connectivity index (χ2v) is 6.25. The Balaban J connectivity index is 1.61. The van der Waals surface area contributed by atoms with Crippen LogP contribution in [0, 0.1) is 6.92 Å². The highest BCUT2D eigenvalue weighted by Gasteiger charge is 2.20. The molecule has 3 aromatic heterocycles. The molecule has 3 rings (SSSR count). The van der Waals surface area contributed by atoms with Crippen LogP contribution in [-0.4, -0.2) is 32.5 Å². The molecule has 1 atom stereocenters. The van der Waals surface area contributed by atoms with Gasteiger partial charge in [0.15, 0.2) is 10.8 Å². The minimum Gasteiger partial charge on any atom is -0.459 e. The number of hydrogen-bond donors (Lipinski definition) is 1. The molecule has 0 aliphatic heterocycles. The Hall–Kier alpha value is -3.01. The Morgan fingerprint density at radius 3 is 3.00 bits per heavy atom. The molecule has 0 aliphatic rings. The summed E-state index contributed by atoms with van der Waals surface area (Å²) in [4.78, 5) is 40.2. The molecule has 1 N–H and O–H groups in total.